The smallest absolute Gasteiger partial charge is 0.263 e. The summed E-state index contributed by atoms with van der Waals surface area (Å²) in [5.41, 5.74) is 1.77. The molecule has 0 unspecified atom stereocenters. The van der Waals surface area contributed by atoms with E-state index >= 15 is 0 Å². The molecule has 29 heavy (non-hydrogen) atoms. The first-order valence-corrected chi connectivity index (χ1v) is 11.3. The second kappa shape index (κ2) is 8.97. The Kier molecular flexibility index (Phi) is 6.59. The molecule has 7 heteroatoms. The van der Waals surface area contributed by atoms with Crippen molar-refractivity contribution in [2.75, 3.05) is 26.2 Å². The largest absolute Gasteiger partial charge is 0.481 e. The summed E-state index contributed by atoms with van der Waals surface area (Å²) >= 11 is 0. The van der Waals surface area contributed by atoms with Crippen molar-refractivity contribution in [1.29, 1.82) is 0 Å². The molecule has 1 aliphatic rings. The van der Waals surface area contributed by atoms with Gasteiger partial charge in [-0.3, -0.25) is 4.79 Å². The van der Waals surface area contributed by atoms with E-state index in [0.717, 1.165) is 11.1 Å². The lowest BCUT2D eigenvalue weighted by Crippen LogP contribution is -2.53. The van der Waals surface area contributed by atoms with Gasteiger partial charge in [0.1, 0.15) is 5.75 Å². The molecule has 0 aromatic heterocycles. The van der Waals surface area contributed by atoms with Gasteiger partial charge in [-0.1, -0.05) is 42.8 Å². The van der Waals surface area contributed by atoms with Crippen molar-refractivity contribution in [3.63, 3.8) is 0 Å². The van der Waals surface area contributed by atoms with Gasteiger partial charge < -0.3 is 9.64 Å². The number of piperazine rings is 1. The van der Waals surface area contributed by atoms with Crippen LogP contribution in [-0.4, -0.2) is 55.8 Å². The Balaban J connectivity index is 1.65. The van der Waals surface area contributed by atoms with Crippen molar-refractivity contribution >= 4 is 15.9 Å². The number of hydrogen-bond donors (Lipinski definition) is 0. The third kappa shape index (κ3) is 4.79. The number of sulfonamides is 1. The van der Waals surface area contributed by atoms with Crippen molar-refractivity contribution in [1.82, 2.24) is 9.21 Å². The van der Waals surface area contributed by atoms with E-state index in [0.29, 0.717) is 30.2 Å². The summed E-state index contributed by atoms with van der Waals surface area (Å²) < 4.78 is 33.4. The molecule has 0 aliphatic carbocycles. The van der Waals surface area contributed by atoms with Gasteiger partial charge in [0, 0.05) is 26.2 Å². The summed E-state index contributed by atoms with van der Waals surface area (Å²) in [4.78, 5) is 14.9. The second-order valence-electron chi connectivity index (χ2n) is 7.33. The third-order valence-electron chi connectivity index (χ3n) is 5.17. The number of rotatable bonds is 6. The van der Waals surface area contributed by atoms with E-state index in [9.17, 15) is 13.2 Å². The first kappa shape index (κ1) is 21.3. The second-order valence-corrected chi connectivity index (χ2v) is 9.23. The molecule has 1 atom stereocenters. The molecule has 1 aliphatic heterocycles. The Labute approximate surface area is 173 Å². The van der Waals surface area contributed by atoms with Crippen molar-refractivity contribution < 1.29 is 17.9 Å². The SMILES string of the molecule is CC[C@H](Oc1ccccc1)C(=O)N1CCN(S(=O)(=O)c2ccc(C)cc2C)CC1. The maximum Gasteiger partial charge on any atom is 0.263 e. The molecule has 1 saturated heterocycles. The third-order valence-corrected chi connectivity index (χ3v) is 7.23. The molecule has 6 nitrogen and oxygen atoms in total. The minimum Gasteiger partial charge on any atom is -0.481 e. The topological polar surface area (TPSA) is 66.9 Å². The predicted molar refractivity (Wildman–Crippen MR) is 112 cm³/mol. The molecule has 3 rings (SSSR count). The van der Waals surface area contributed by atoms with Crippen LogP contribution in [0, 0.1) is 13.8 Å². The van der Waals surface area contributed by atoms with Crippen molar-refractivity contribution in [2.45, 2.75) is 38.2 Å². The lowest BCUT2D eigenvalue weighted by atomic mass is 10.2. The Bertz CT molecular complexity index is 952. The van der Waals surface area contributed by atoms with E-state index in [1.165, 1.54) is 4.31 Å². The molecule has 0 saturated carbocycles. The summed E-state index contributed by atoms with van der Waals surface area (Å²) in [6.45, 7) is 6.94. The monoisotopic (exact) mass is 416 g/mol. The average molecular weight is 417 g/mol. The van der Waals surface area contributed by atoms with Gasteiger partial charge in [0.2, 0.25) is 10.0 Å². The Morgan fingerprint density at radius 3 is 2.28 bits per heavy atom. The van der Waals surface area contributed by atoms with Gasteiger partial charge in [-0.2, -0.15) is 4.31 Å². The van der Waals surface area contributed by atoms with Crippen LogP contribution in [0.2, 0.25) is 0 Å². The van der Waals surface area contributed by atoms with Crippen LogP contribution in [-0.2, 0) is 14.8 Å². The highest BCUT2D eigenvalue weighted by atomic mass is 32.2. The maximum atomic E-state index is 13.0. The summed E-state index contributed by atoms with van der Waals surface area (Å²) in [5, 5.41) is 0. The Morgan fingerprint density at radius 1 is 1.03 bits per heavy atom. The number of carbonyl (C=O) groups is 1. The van der Waals surface area contributed by atoms with E-state index in [-0.39, 0.29) is 19.0 Å². The van der Waals surface area contributed by atoms with E-state index < -0.39 is 16.1 Å². The Morgan fingerprint density at radius 2 is 1.69 bits per heavy atom. The molecule has 0 bridgehead atoms. The lowest BCUT2D eigenvalue weighted by molar-refractivity contribution is -0.140. The number of aryl methyl sites for hydroxylation is 2. The molecular weight excluding hydrogens is 388 g/mol. The molecule has 0 spiro atoms. The normalized spacial score (nSPS) is 16.4. The number of para-hydroxylation sites is 1. The molecule has 156 valence electrons. The minimum absolute atomic E-state index is 0.0973. The first-order valence-electron chi connectivity index (χ1n) is 9.91. The number of nitrogens with zero attached hydrogens (tertiary/aromatic N) is 2. The quantitative estimate of drug-likeness (QED) is 0.726. The van der Waals surface area contributed by atoms with Crippen LogP contribution in [0.5, 0.6) is 5.75 Å². The van der Waals surface area contributed by atoms with Crippen LogP contribution in [0.4, 0.5) is 0 Å². The van der Waals surface area contributed by atoms with Gasteiger partial charge in [0.25, 0.3) is 5.91 Å². The zero-order valence-corrected chi connectivity index (χ0v) is 18.0. The summed E-state index contributed by atoms with van der Waals surface area (Å²) in [6.07, 6.45) is -0.0191. The number of carbonyl (C=O) groups excluding carboxylic acids is 1. The molecule has 2 aromatic carbocycles. The number of ether oxygens (including phenoxy) is 1. The summed E-state index contributed by atoms with van der Waals surface area (Å²) in [5.74, 6) is 0.559. The van der Waals surface area contributed by atoms with E-state index in [1.54, 1.807) is 11.0 Å². The van der Waals surface area contributed by atoms with Gasteiger partial charge in [-0.05, 0) is 44.0 Å². The highest BCUT2D eigenvalue weighted by Crippen LogP contribution is 2.23. The highest BCUT2D eigenvalue weighted by molar-refractivity contribution is 7.89. The van der Waals surface area contributed by atoms with E-state index in [2.05, 4.69) is 0 Å². The van der Waals surface area contributed by atoms with E-state index in [4.69, 9.17) is 4.74 Å². The minimum atomic E-state index is -3.57. The molecule has 0 radical (unpaired) electrons. The van der Waals surface area contributed by atoms with Crippen LogP contribution >= 0.6 is 0 Å². The van der Waals surface area contributed by atoms with Crippen LogP contribution in [0.1, 0.15) is 24.5 Å². The lowest BCUT2D eigenvalue weighted by Gasteiger charge is -2.35. The standard InChI is InChI=1S/C22H28N2O4S/c1-4-20(28-19-8-6-5-7-9-19)22(25)23-12-14-24(15-13-23)29(26,27)21-11-10-17(2)16-18(21)3/h5-11,16,20H,4,12-15H2,1-3H3/t20-/m0/s1. The van der Waals surface area contributed by atoms with Crippen molar-refractivity contribution in [3.8, 4) is 5.75 Å². The van der Waals surface area contributed by atoms with Gasteiger partial charge in [0.05, 0.1) is 4.90 Å². The fourth-order valence-corrected chi connectivity index (χ4v) is 5.18. The van der Waals surface area contributed by atoms with Crippen LogP contribution in [0.3, 0.4) is 0 Å². The number of benzene rings is 2. The first-order chi connectivity index (χ1) is 13.8. The fraction of sp³-hybridized carbons (Fsp3) is 0.409. The van der Waals surface area contributed by atoms with Gasteiger partial charge in [-0.25, -0.2) is 8.42 Å². The molecule has 1 amide bonds. The van der Waals surface area contributed by atoms with Gasteiger partial charge in [-0.15, -0.1) is 0 Å². The predicted octanol–water partition coefficient (Wildman–Crippen LogP) is 2.99. The van der Waals surface area contributed by atoms with E-state index in [1.807, 2.05) is 63.2 Å². The molecule has 2 aromatic rings. The van der Waals surface area contributed by atoms with Gasteiger partial charge >= 0.3 is 0 Å². The number of hydrogen-bond acceptors (Lipinski definition) is 4. The van der Waals surface area contributed by atoms with Crippen molar-refractivity contribution in [3.05, 3.63) is 59.7 Å². The fourth-order valence-electron chi connectivity index (χ4n) is 3.55. The molecule has 0 N–H and O–H groups in total. The average Bonchev–Trinajstić information content (AvgIpc) is 2.72. The molecular formula is C22H28N2O4S. The van der Waals surface area contributed by atoms with Gasteiger partial charge in [0.15, 0.2) is 6.10 Å². The zero-order valence-electron chi connectivity index (χ0n) is 17.2. The van der Waals surface area contributed by atoms with Crippen LogP contribution < -0.4 is 4.74 Å². The van der Waals surface area contributed by atoms with Crippen LogP contribution in [0.25, 0.3) is 0 Å². The highest BCUT2D eigenvalue weighted by Gasteiger charge is 2.33. The van der Waals surface area contributed by atoms with Crippen molar-refractivity contribution in [2.24, 2.45) is 0 Å². The van der Waals surface area contributed by atoms with Crippen LogP contribution in [0.15, 0.2) is 53.4 Å². The summed E-state index contributed by atoms with van der Waals surface area (Å²) in [7, 11) is -3.57. The Hall–Kier alpha value is -2.38. The molecule has 1 fully saturated rings. The zero-order chi connectivity index (χ0) is 21.0. The maximum absolute atomic E-state index is 13.0. The number of amides is 1. The summed E-state index contributed by atoms with van der Waals surface area (Å²) in [6, 6.07) is 14.6. The molecule has 1 heterocycles.